The van der Waals surface area contributed by atoms with Gasteiger partial charge in [0.2, 0.25) is 5.75 Å². The molecule has 0 aliphatic carbocycles. The summed E-state index contributed by atoms with van der Waals surface area (Å²) in [6, 6.07) is 1.32. The molecule has 84 valence electrons. The first-order valence-corrected chi connectivity index (χ1v) is 3.63. The summed E-state index contributed by atoms with van der Waals surface area (Å²) in [7, 11) is 0. The van der Waals surface area contributed by atoms with Crippen LogP contribution in [0, 0.1) is 21.4 Å². The highest BCUT2D eigenvalue weighted by Crippen LogP contribution is 2.33. The summed E-state index contributed by atoms with van der Waals surface area (Å²) < 4.78 is 39.2. The first kappa shape index (κ1) is 11.7. The quantitative estimate of drug-likeness (QED) is 0.573. The maximum atomic E-state index is 11.9. The molecule has 0 atom stereocenters. The molecule has 0 spiro atoms. The Labute approximate surface area is 86.0 Å². The number of nitriles is 1. The molecule has 0 radical (unpaired) electrons. The predicted molar refractivity (Wildman–Crippen MR) is 42.3 cm³/mol. The van der Waals surface area contributed by atoms with E-state index in [4.69, 9.17) is 5.26 Å². The third-order valence-corrected chi connectivity index (χ3v) is 1.41. The predicted octanol–water partition coefficient (Wildman–Crippen LogP) is 1.76. The summed E-state index contributed by atoms with van der Waals surface area (Å²) in [4.78, 5) is 12.5. The summed E-state index contributed by atoms with van der Waals surface area (Å²) in [6.07, 6.45) is -3.80. The van der Waals surface area contributed by atoms with Crippen LogP contribution in [0.15, 0.2) is 12.4 Å². The molecule has 0 saturated carbocycles. The molecule has 0 saturated heterocycles. The van der Waals surface area contributed by atoms with Crippen LogP contribution in [0.5, 0.6) is 5.75 Å². The van der Waals surface area contributed by atoms with E-state index in [1.54, 1.807) is 0 Å². The lowest BCUT2D eigenvalue weighted by Gasteiger charge is -2.09. The smallest absolute Gasteiger partial charge is 0.397 e. The fourth-order valence-corrected chi connectivity index (χ4v) is 0.870. The lowest BCUT2D eigenvalue weighted by molar-refractivity contribution is -0.389. The fourth-order valence-electron chi connectivity index (χ4n) is 0.870. The monoisotopic (exact) mass is 233 g/mol. The van der Waals surface area contributed by atoms with Crippen molar-refractivity contribution in [2.45, 2.75) is 6.36 Å². The lowest BCUT2D eigenvalue weighted by atomic mass is 10.2. The fraction of sp³-hybridized carbons (Fsp3) is 0.143. The SMILES string of the molecule is N#Cc1cncc([N+](=O)[O-])c1OC(F)(F)F. The first-order valence-electron chi connectivity index (χ1n) is 3.63. The van der Waals surface area contributed by atoms with E-state index >= 15 is 0 Å². The second-order valence-corrected chi connectivity index (χ2v) is 2.45. The minimum atomic E-state index is -5.11. The Morgan fingerprint density at radius 2 is 2.12 bits per heavy atom. The van der Waals surface area contributed by atoms with Crippen LogP contribution in [-0.4, -0.2) is 16.3 Å². The highest BCUT2D eigenvalue weighted by molar-refractivity contribution is 5.54. The van der Waals surface area contributed by atoms with Crippen LogP contribution in [0.3, 0.4) is 0 Å². The molecule has 16 heavy (non-hydrogen) atoms. The maximum absolute atomic E-state index is 11.9. The number of nitro groups is 1. The molecule has 1 aromatic rings. The second-order valence-electron chi connectivity index (χ2n) is 2.45. The van der Waals surface area contributed by atoms with Gasteiger partial charge < -0.3 is 4.74 Å². The van der Waals surface area contributed by atoms with Gasteiger partial charge in [0, 0.05) is 6.20 Å². The maximum Gasteiger partial charge on any atom is 0.573 e. The third-order valence-electron chi connectivity index (χ3n) is 1.41. The Morgan fingerprint density at radius 3 is 2.56 bits per heavy atom. The Bertz CT molecular complexity index is 466. The van der Waals surface area contributed by atoms with Crippen molar-refractivity contribution < 1.29 is 22.8 Å². The van der Waals surface area contributed by atoms with Gasteiger partial charge in [-0.05, 0) is 0 Å². The van der Waals surface area contributed by atoms with Gasteiger partial charge in [-0.15, -0.1) is 13.2 Å². The highest BCUT2D eigenvalue weighted by atomic mass is 19.4. The largest absolute Gasteiger partial charge is 0.573 e. The number of pyridine rings is 1. The summed E-state index contributed by atoms with van der Waals surface area (Å²) in [5.74, 6) is -1.16. The Morgan fingerprint density at radius 1 is 1.50 bits per heavy atom. The lowest BCUT2D eigenvalue weighted by Crippen LogP contribution is -2.18. The molecule has 1 rings (SSSR count). The van der Waals surface area contributed by atoms with Gasteiger partial charge in [0.25, 0.3) is 0 Å². The van der Waals surface area contributed by atoms with Crippen LogP contribution < -0.4 is 4.74 Å². The number of alkyl halides is 3. The first-order chi connectivity index (χ1) is 7.35. The van der Waals surface area contributed by atoms with Gasteiger partial charge in [-0.3, -0.25) is 15.1 Å². The Balaban J connectivity index is 3.32. The van der Waals surface area contributed by atoms with E-state index in [-0.39, 0.29) is 0 Å². The van der Waals surface area contributed by atoms with Crippen molar-refractivity contribution >= 4 is 5.69 Å². The molecule has 0 amide bonds. The zero-order valence-corrected chi connectivity index (χ0v) is 7.35. The van der Waals surface area contributed by atoms with Gasteiger partial charge in [-0.2, -0.15) is 5.26 Å². The summed E-state index contributed by atoms with van der Waals surface area (Å²) in [5.41, 5.74) is -1.68. The van der Waals surface area contributed by atoms with Gasteiger partial charge in [-0.1, -0.05) is 0 Å². The normalized spacial score (nSPS) is 10.6. The summed E-state index contributed by atoms with van der Waals surface area (Å²) >= 11 is 0. The molecule has 0 aliphatic rings. The van der Waals surface area contributed by atoms with E-state index in [9.17, 15) is 23.3 Å². The van der Waals surface area contributed by atoms with Crippen LogP contribution in [0.4, 0.5) is 18.9 Å². The minimum Gasteiger partial charge on any atom is -0.397 e. The van der Waals surface area contributed by atoms with Gasteiger partial charge in [-0.25, -0.2) is 0 Å². The van der Waals surface area contributed by atoms with Crippen molar-refractivity contribution in [1.29, 1.82) is 5.26 Å². The number of nitrogens with zero attached hydrogens (tertiary/aromatic N) is 3. The molecule has 0 bridgehead atoms. The molecule has 0 aliphatic heterocycles. The number of aromatic nitrogens is 1. The van der Waals surface area contributed by atoms with Gasteiger partial charge in [0.15, 0.2) is 0 Å². The van der Waals surface area contributed by atoms with Gasteiger partial charge in [0.05, 0.1) is 4.92 Å². The van der Waals surface area contributed by atoms with Crippen LogP contribution in [0.1, 0.15) is 5.56 Å². The Kier molecular flexibility index (Phi) is 2.94. The van der Waals surface area contributed by atoms with E-state index in [2.05, 4.69) is 9.72 Å². The van der Waals surface area contributed by atoms with Crippen molar-refractivity contribution in [2.75, 3.05) is 0 Å². The highest BCUT2D eigenvalue weighted by Gasteiger charge is 2.36. The molecular weight excluding hydrogens is 231 g/mol. The molecule has 0 unspecified atom stereocenters. The van der Waals surface area contributed by atoms with Gasteiger partial charge >= 0.3 is 12.0 Å². The molecule has 0 fully saturated rings. The van der Waals surface area contributed by atoms with Crippen LogP contribution in [0.25, 0.3) is 0 Å². The van der Waals surface area contributed by atoms with Gasteiger partial charge in [0.1, 0.15) is 17.8 Å². The molecular formula is C7H2F3N3O3. The van der Waals surface area contributed by atoms with Crippen molar-refractivity contribution in [3.8, 4) is 11.8 Å². The second kappa shape index (κ2) is 4.01. The zero-order valence-electron chi connectivity index (χ0n) is 7.35. The average Bonchev–Trinajstić information content (AvgIpc) is 2.15. The van der Waals surface area contributed by atoms with E-state index in [1.165, 1.54) is 6.07 Å². The van der Waals surface area contributed by atoms with E-state index in [0.29, 0.717) is 6.20 Å². The number of hydrogen-bond acceptors (Lipinski definition) is 5. The molecule has 6 nitrogen and oxygen atoms in total. The number of rotatable bonds is 2. The summed E-state index contributed by atoms with van der Waals surface area (Å²) in [6.45, 7) is 0. The van der Waals surface area contributed by atoms with Crippen LogP contribution in [0.2, 0.25) is 0 Å². The van der Waals surface area contributed by atoms with Crippen LogP contribution >= 0.6 is 0 Å². The average molecular weight is 233 g/mol. The third kappa shape index (κ3) is 2.57. The topological polar surface area (TPSA) is 89.0 Å². The molecule has 9 heteroatoms. The number of hydrogen-bond donors (Lipinski definition) is 0. The summed E-state index contributed by atoms with van der Waals surface area (Å²) in [5, 5.41) is 18.8. The van der Waals surface area contributed by atoms with Crippen molar-refractivity contribution in [3.63, 3.8) is 0 Å². The van der Waals surface area contributed by atoms with E-state index in [0.717, 1.165) is 6.20 Å². The zero-order chi connectivity index (χ0) is 12.3. The molecule has 1 aromatic heterocycles. The van der Waals surface area contributed by atoms with E-state index < -0.39 is 28.3 Å². The van der Waals surface area contributed by atoms with Crippen molar-refractivity contribution in [1.82, 2.24) is 4.98 Å². The minimum absolute atomic E-state index is 0.571. The molecule has 0 aromatic carbocycles. The van der Waals surface area contributed by atoms with Crippen molar-refractivity contribution in [3.05, 3.63) is 28.1 Å². The standard InChI is InChI=1S/C7H2F3N3O3/c8-7(9,10)16-6-4(1-11)2-12-3-5(6)13(14)15/h2-3H. The number of halogens is 3. The molecule has 1 heterocycles. The molecule has 0 N–H and O–H groups in total. The Hall–Kier alpha value is -2.37. The van der Waals surface area contributed by atoms with E-state index in [1.807, 2.05) is 0 Å². The van der Waals surface area contributed by atoms with Crippen LogP contribution in [-0.2, 0) is 0 Å². The number of ether oxygens (including phenoxy) is 1. The van der Waals surface area contributed by atoms with Crippen molar-refractivity contribution in [2.24, 2.45) is 0 Å².